The lowest BCUT2D eigenvalue weighted by Crippen LogP contribution is -3.13. The highest BCUT2D eigenvalue weighted by Gasteiger charge is 2.22. The van der Waals surface area contributed by atoms with Gasteiger partial charge in [0.1, 0.15) is 6.54 Å². The fraction of sp³-hybridized carbons (Fsp3) is 0.389. The summed E-state index contributed by atoms with van der Waals surface area (Å²) in [6.45, 7) is 6.15. The molecule has 0 aliphatic carbocycles. The van der Waals surface area contributed by atoms with Gasteiger partial charge >= 0.3 is 0 Å². The monoisotopic (exact) mass is 410 g/mol. The Morgan fingerprint density at radius 3 is 2.77 bits per heavy atom. The minimum atomic E-state index is 0.301. The molecule has 2 aromatic rings. The summed E-state index contributed by atoms with van der Waals surface area (Å²) in [7, 11) is 0. The van der Waals surface area contributed by atoms with E-state index < -0.39 is 0 Å². The van der Waals surface area contributed by atoms with Crippen LogP contribution in [-0.2, 0) is 13.1 Å². The number of quaternary nitrogens is 1. The molecular formula is C18H21ClN3O2S2+. The number of halogens is 1. The summed E-state index contributed by atoms with van der Waals surface area (Å²) < 4.78 is 11.6. The zero-order valence-corrected chi connectivity index (χ0v) is 16.7. The third-order valence-electron chi connectivity index (χ3n) is 4.69. The van der Waals surface area contributed by atoms with E-state index in [1.807, 2.05) is 24.3 Å². The second-order valence-corrected chi connectivity index (χ2v) is 8.65. The molecule has 5 nitrogen and oxygen atoms in total. The number of benzene rings is 1. The number of thiocarbonyl (C=S) groups is 1. The maximum absolute atomic E-state index is 6.02. The maximum Gasteiger partial charge on any atom is 0.231 e. The van der Waals surface area contributed by atoms with Gasteiger partial charge in [0.15, 0.2) is 16.6 Å². The first kappa shape index (κ1) is 17.9. The van der Waals surface area contributed by atoms with Crippen LogP contribution in [0.2, 0.25) is 4.34 Å². The molecule has 138 valence electrons. The van der Waals surface area contributed by atoms with Gasteiger partial charge in [0.05, 0.1) is 35.4 Å². The first-order chi connectivity index (χ1) is 12.7. The number of fused-ring (bicyclic) bond motifs is 1. The van der Waals surface area contributed by atoms with Crippen molar-refractivity contribution < 1.29 is 14.4 Å². The van der Waals surface area contributed by atoms with E-state index in [2.05, 4.69) is 16.3 Å². The smallest absolute Gasteiger partial charge is 0.231 e. The SMILES string of the molecule is S=C(NCc1ccc2c(c1)OCO2)N1CC[NH+](Cc2ccc(Cl)s2)CC1. The van der Waals surface area contributed by atoms with E-state index in [-0.39, 0.29) is 0 Å². The number of rotatable bonds is 4. The molecule has 2 aliphatic heterocycles. The predicted molar refractivity (Wildman–Crippen MR) is 107 cm³/mol. The Balaban J connectivity index is 1.23. The van der Waals surface area contributed by atoms with E-state index in [0.717, 1.165) is 59.2 Å². The molecular weight excluding hydrogens is 390 g/mol. The first-order valence-electron chi connectivity index (χ1n) is 8.66. The molecule has 0 saturated carbocycles. The molecule has 0 radical (unpaired) electrons. The molecule has 0 amide bonds. The van der Waals surface area contributed by atoms with Gasteiger partial charge in [0.25, 0.3) is 0 Å². The number of nitrogens with one attached hydrogen (secondary N) is 2. The van der Waals surface area contributed by atoms with E-state index in [1.165, 1.54) is 4.88 Å². The van der Waals surface area contributed by atoms with E-state index in [1.54, 1.807) is 16.2 Å². The summed E-state index contributed by atoms with van der Waals surface area (Å²) in [4.78, 5) is 5.19. The van der Waals surface area contributed by atoms with Crippen LogP contribution in [0.3, 0.4) is 0 Å². The van der Waals surface area contributed by atoms with Gasteiger partial charge in [-0.05, 0) is 42.0 Å². The number of piperazine rings is 1. The molecule has 0 bridgehead atoms. The Labute approximate surface area is 167 Å². The van der Waals surface area contributed by atoms with Crippen LogP contribution in [0.25, 0.3) is 0 Å². The lowest BCUT2D eigenvalue weighted by Gasteiger charge is -2.33. The Bertz CT molecular complexity index is 790. The van der Waals surface area contributed by atoms with Crippen molar-refractivity contribution >= 4 is 40.3 Å². The first-order valence-corrected chi connectivity index (χ1v) is 10.3. The van der Waals surface area contributed by atoms with Gasteiger partial charge in [-0.15, -0.1) is 11.3 Å². The van der Waals surface area contributed by atoms with Gasteiger partial charge in [0, 0.05) is 6.54 Å². The van der Waals surface area contributed by atoms with E-state index >= 15 is 0 Å². The van der Waals surface area contributed by atoms with Crippen molar-refractivity contribution in [3.63, 3.8) is 0 Å². The Kier molecular flexibility index (Phi) is 5.49. The molecule has 4 rings (SSSR count). The van der Waals surface area contributed by atoms with Crippen molar-refractivity contribution in [3.05, 3.63) is 45.1 Å². The molecule has 1 fully saturated rings. The number of ether oxygens (including phenoxy) is 2. The quantitative estimate of drug-likeness (QED) is 0.753. The molecule has 1 aromatic carbocycles. The predicted octanol–water partition coefficient (Wildman–Crippen LogP) is 1.91. The van der Waals surface area contributed by atoms with Gasteiger partial charge in [0.2, 0.25) is 6.79 Å². The Hall–Kier alpha value is -1.54. The summed E-state index contributed by atoms with van der Waals surface area (Å²) in [5.74, 6) is 1.61. The fourth-order valence-electron chi connectivity index (χ4n) is 3.24. The largest absolute Gasteiger partial charge is 0.454 e. The van der Waals surface area contributed by atoms with Gasteiger partial charge in [-0.25, -0.2) is 0 Å². The lowest BCUT2D eigenvalue weighted by molar-refractivity contribution is -0.917. The molecule has 2 aliphatic rings. The van der Waals surface area contributed by atoms with Crippen molar-refractivity contribution in [1.29, 1.82) is 0 Å². The van der Waals surface area contributed by atoms with Gasteiger partial charge in [-0.3, -0.25) is 0 Å². The zero-order chi connectivity index (χ0) is 17.9. The van der Waals surface area contributed by atoms with Gasteiger partial charge in [-0.1, -0.05) is 17.7 Å². The summed E-state index contributed by atoms with van der Waals surface area (Å²) in [5, 5.41) is 4.18. The van der Waals surface area contributed by atoms with Gasteiger partial charge in [-0.2, -0.15) is 0 Å². The van der Waals surface area contributed by atoms with E-state index in [0.29, 0.717) is 13.3 Å². The average molecular weight is 411 g/mol. The second-order valence-electron chi connectivity index (χ2n) is 6.47. The van der Waals surface area contributed by atoms with Crippen molar-refractivity contribution in [2.24, 2.45) is 0 Å². The summed E-state index contributed by atoms with van der Waals surface area (Å²) >= 11 is 13.3. The topological polar surface area (TPSA) is 38.2 Å². The highest BCUT2D eigenvalue weighted by molar-refractivity contribution is 7.80. The number of thiophene rings is 1. The summed E-state index contributed by atoms with van der Waals surface area (Å²) in [6.07, 6.45) is 0. The average Bonchev–Trinajstić information content (AvgIpc) is 3.28. The Morgan fingerprint density at radius 2 is 2.00 bits per heavy atom. The van der Waals surface area contributed by atoms with Gasteiger partial charge < -0.3 is 24.6 Å². The normalized spacial score (nSPS) is 16.7. The third-order valence-corrected chi connectivity index (χ3v) is 6.33. The molecule has 0 unspecified atom stereocenters. The van der Waals surface area contributed by atoms with Crippen LogP contribution in [0.15, 0.2) is 30.3 Å². The van der Waals surface area contributed by atoms with Crippen LogP contribution in [0.5, 0.6) is 11.5 Å². The standard InChI is InChI=1S/C18H20ClN3O2S2/c19-17-4-2-14(26-17)11-21-5-7-22(8-6-21)18(25)20-10-13-1-3-15-16(9-13)24-12-23-15/h1-4,9H,5-8,10-12H2,(H,20,25)/p+1. The van der Waals surface area contributed by atoms with Crippen LogP contribution in [-0.4, -0.2) is 43.0 Å². The van der Waals surface area contributed by atoms with Crippen LogP contribution in [0.1, 0.15) is 10.4 Å². The molecule has 8 heteroatoms. The van der Waals surface area contributed by atoms with Crippen LogP contribution >= 0.6 is 35.2 Å². The lowest BCUT2D eigenvalue weighted by atomic mass is 10.2. The van der Waals surface area contributed by atoms with E-state index in [4.69, 9.17) is 33.3 Å². The van der Waals surface area contributed by atoms with Crippen LogP contribution in [0.4, 0.5) is 0 Å². The Morgan fingerprint density at radius 1 is 1.19 bits per heavy atom. The van der Waals surface area contributed by atoms with Crippen molar-refractivity contribution in [1.82, 2.24) is 10.2 Å². The zero-order valence-electron chi connectivity index (χ0n) is 14.3. The van der Waals surface area contributed by atoms with Crippen molar-refractivity contribution in [2.45, 2.75) is 13.1 Å². The minimum Gasteiger partial charge on any atom is -0.454 e. The van der Waals surface area contributed by atoms with Crippen molar-refractivity contribution in [3.8, 4) is 11.5 Å². The minimum absolute atomic E-state index is 0.301. The summed E-state index contributed by atoms with van der Waals surface area (Å²) in [5.41, 5.74) is 1.13. The molecule has 1 saturated heterocycles. The molecule has 0 spiro atoms. The number of hydrogen-bond donors (Lipinski definition) is 2. The second kappa shape index (κ2) is 8.00. The number of hydrogen-bond acceptors (Lipinski definition) is 4. The van der Waals surface area contributed by atoms with E-state index in [9.17, 15) is 0 Å². The molecule has 26 heavy (non-hydrogen) atoms. The molecule has 3 heterocycles. The molecule has 2 N–H and O–H groups in total. The highest BCUT2D eigenvalue weighted by atomic mass is 35.5. The molecule has 1 aromatic heterocycles. The highest BCUT2D eigenvalue weighted by Crippen LogP contribution is 2.32. The fourth-order valence-corrected chi connectivity index (χ4v) is 4.65. The third kappa shape index (κ3) is 4.23. The van der Waals surface area contributed by atoms with Crippen molar-refractivity contribution in [2.75, 3.05) is 33.0 Å². The van der Waals surface area contributed by atoms with Crippen LogP contribution in [0, 0.1) is 0 Å². The van der Waals surface area contributed by atoms with Crippen LogP contribution < -0.4 is 19.7 Å². The molecule has 0 atom stereocenters. The maximum atomic E-state index is 6.02. The number of nitrogens with zero attached hydrogens (tertiary/aromatic N) is 1. The summed E-state index contributed by atoms with van der Waals surface area (Å²) in [6, 6.07) is 10.1.